The molecule has 168 valence electrons. The molecule has 2 aliphatic rings. The minimum atomic E-state index is -4.61. The molecule has 0 radical (unpaired) electrons. The summed E-state index contributed by atoms with van der Waals surface area (Å²) in [6.07, 6.45) is -0.895. The molecular formula is C22H22F3N5O2. The van der Waals surface area contributed by atoms with Gasteiger partial charge < -0.3 is 14.5 Å². The van der Waals surface area contributed by atoms with Gasteiger partial charge in [-0.2, -0.15) is 18.4 Å². The number of nitrogens with zero attached hydrogens (tertiary/aromatic N) is 5. The number of amides is 1. The lowest BCUT2D eigenvalue weighted by molar-refractivity contribution is -0.137. The van der Waals surface area contributed by atoms with E-state index in [0.29, 0.717) is 44.9 Å². The molecule has 7 nitrogen and oxygen atoms in total. The molecule has 2 saturated heterocycles. The highest BCUT2D eigenvalue weighted by atomic mass is 19.4. The van der Waals surface area contributed by atoms with Crippen LogP contribution in [0.2, 0.25) is 0 Å². The first-order valence-corrected chi connectivity index (χ1v) is 10.2. The number of halogens is 3. The van der Waals surface area contributed by atoms with Crippen molar-refractivity contribution in [3.8, 4) is 6.07 Å². The number of hydrogen-bond acceptors (Lipinski definition) is 6. The summed E-state index contributed by atoms with van der Waals surface area (Å²) in [6.45, 7) is 2.28. The van der Waals surface area contributed by atoms with Crippen LogP contribution in [0.3, 0.4) is 0 Å². The van der Waals surface area contributed by atoms with Crippen molar-refractivity contribution >= 4 is 11.6 Å². The van der Waals surface area contributed by atoms with Gasteiger partial charge in [0.15, 0.2) is 0 Å². The van der Waals surface area contributed by atoms with E-state index in [0.717, 1.165) is 6.07 Å². The second kappa shape index (κ2) is 8.39. The van der Waals surface area contributed by atoms with Gasteiger partial charge in [-0.1, -0.05) is 0 Å². The van der Waals surface area contributed by atoms with Gasteiger partial charge in [0.1, 0.15) is 0 Å². The fraction of sp³-hybridized carbons (Fsp3) is 0.455. The maximum absolute atomic E-state index is 13.4. The molecule has 4 rings (SSSR count). The number of likely N-dealkylation sites (tertiary alicyclic amines) is 1. The molecule has 0 aliphatic carbocycles. The third-order valence-electron chi connectivity index (χ3n) is 6.34. The van der Waals surface area contributed by atoms with E-state index in [9.17, 15) is 18.0 Å². The average molecular weight is 445 g/mol. The number of piperidine rings is 1. The van der Waals surface area contributed by atoms with Crippen LogP contribution >= 0.6 is 0 Å². The van der Waals surface area contributed by atoms with E-state index in [-0.39, 0.29) is 17.6 Å². The number of methoxy groups -OCH3 is 1. The molecular weight excluding hydrogens is 423 g/mol. The lowest BCUT2D eigenvalue weighted by atomic mass is 9.74. The number of carbonyl (C=O) groups excluding carboxylic acids is 1. The standard InChI is InChI=1S/C22H22F3N5O2/c1-32-14-21-12-29(20(31)19-27-6-2-7-28-19)8-5-16(21)11-30(13-21)17-4-3-15(10-26)18(9-17)22(23,24)25/h2-4,6-7,9,16H,5,8,11-14H2,1H3/t16-,21+/m1/s1. The molecule has 0 bridgehead atoms. The molecule has 1 aromatic heterocycles. The van der Waals surface area contributed by atoms with Gasteiger partial charge in [0.2, 0.25) is 5.82 Å². The molecule has 2 atom stereocenters. The largest absolute Gasteiger partial charge is 0.417 e. The zero-order chi connectivity index (χ0) is 22.9. The zero-order valence-corrected chi connectivity index (χ0v) is 17.5. The van der Waals surface area contributed by atoms with Crippen LogP contribution in [0.4, 0.5) is 18.9 Å². The molecule has 0 saturated carbocycles. The first kappa shape index (κ1) is 22.0. The molecule has 0 spiro atoms. The number of nitriles is 1. The molecule has 10 heteroatoms. The van der Waals surface area contributed by atoms with E-state index < -0.39 is 22.7 Å². The Morgan fingerprint density at radius 3 is 2.72 bits per heavy atom. The van der Waals surface area contributed by atoms with Gasteiger partial charge in [-0.25, -0.2) is 9.97 Å². The molecule has 3 heterocycles. The van der Waals surface area contributed by atoms with E-state index >= 15 is 0 Å². The Labute approximate surface area is 183 Å². The first-order valence-electron chi connectivity index (χ1n) is 10.2. The van der Waals surface area contributed by atoms with Crippen molar-refractivity contribution in [3.05, 3.63) is 53.6 Å². The highest BCUT2D eigenvalue weighted by molar-refractivity contribution is 5.90. The second-order valence-corrected chi connectivity index (χ2v) is 8.30. The number of aromatic nitrogens is 2. The normalized spacial score (nSPS) is 23.0. The SMILES string of the molecule is COC[C@@]12CN(C(=O)c3ncccn3)CC[C@@H]1CN(c1ccc(C#N)c(C(F)(F)F)c1)C2. The van der Waals surface area contributed by atoms with Crippen molar-refractivity contribution in [3.63, 3.8) is 0 Å². The summed E-state index contributed by atoms with van der Waals surface area (Å²) in [6, 6.07) is 7.05. The summed E-state index contributed by atoms with van der Waals surface area (Å²) >= 11 is 0. The van der Waals surface area contributed by atoms with Crippen LogP contribution in [0.1, 0.15) is 28.2 Å². The average Bonchev–Trinajstić information content (AvgIpc) is 3.17. The Bertz CT molecular complexity index is 1040. The zero-order valence-electron chi connectivity index (χ0n) is 17.5. The van der Waals surface area contributed by atoms with E-state index in [4.69, 9.17) is 10.00 Å². The lowest BCUT2D eigenvalue weighted by Gasteiger charge is -2.43. The van der Waals surface area contributed by atoms with E-state index in [1.807, 2.05) is 4.90 Å². The van der Waals surface area contributed by atoms with Crippen molar-refractivity contribution < 1.29 is 22.7 Å². The fourth-order valence-corrected chi connectivity index (χ4v) is 4.86. The second-order valence-electron chi connectivity index (χ2n) is 8.30. The molecule has 2 aromatic rings. The smallest absolute Gasteiger partial charge is 0.384 e. The van der Waals surface area contributed by atoms with Crippen molar-refractivity contribution in [1.82, 2.24) is 14.9 Å². The maximum atomic E-state index is 13.4. The molecule has 0 unspecified atom stereocenters. The number of alkyl halides is 3. The first-order chi connectivity index (χ1) is 15.3. The lowest BCUT2D eigenvalue weighted by Crippen LogP contribution is -2.53. The predicted molar refractivity (Wildman–Crippen MR) is 109 cm³/mol. The molecule has 2 aliphatic heterocycles. The van der Waals surface area contributed by atoms with Crippen LogP contribution in [0, 0.1) is 22.7 Å². The van der Waals surface area contributed by atoms with Gasteiger partial charge in [-0.05, 0) is 36.6 Å². The van der Waals surface area contributed by atoms with E-state index in [1.165, 1.54) is 18.5 Å². The van der Waals surface area contributed by atoms with Gasteiger partial charge in [-0.3, -0.25) is 4.79 Å². The summed E-state index contributed by atoms with van der Waals surface area (Å²) in [4.78, 5) is 24.6. The number of ether oxygens (including phenoxy) is 1. The number of carbonyl (C=O) groups is 1. The summed E-state index contributed by atoms with van der Waals surface area (Å²) in [7, 11) is 1.58. The Morgan fingerprint density at radius 2 is 2.06 bits per heavy atom. The highest BCUT2D eigenvalue weighted by Gasteiger charge is 2.51. The Balaban J connectivity index is 1.61. The summed E-state index contributed by atoms with van der Waals surface area (Å²) in [5.41, 5.74) is -1.36. The van der Waals surface area contributed by atoms with Gasteiger partial charge in [0.05, 0.1) is 23.8 Å². The topological polar surface area (TPSA) is 82.3 Å². The monoisotopic (exact) mass is 445 g/mol. The van der Waals surface area contributed by atoms with Crippen molar-refractivity contribution in [2.75, 3.05) is 44.8 Å². The van der Waals surface area contributed by atoms with E-state index in [1.54, 1.807) is 30.2 Å². The fourth-order valence-electron chi connectivity index (χ4n) is 4.86. The number of benzene rings is 1. The number of rotatable bonds is 4. The van der Waals surface area contributed by atoms with Crippen LogP contribution in [0.25, 0.3) is 0 Å². The minimum Gasteiger partial charge on any atom is -0.384 e. The third-order valence-corrected chi connectivity index (χ3v) is 6.34. The van der Waals surface area contributed by atoms with Crippen LogP contribution in [-0.4, -0.2) is 60.7 Å². The number of fused-ring (bicyclic) bond motifs is 1. The van der Waals surface area contributed by atoms with Crippen LogP contribution in [-0.2, 0) is 10.9 Å². The predicted octanol–water partition coefficient (Wildman–Crippen LogP) is 2.98. The van der Waals surface area contributed by atoms with Gasteiger partial charge >= 0.3 is 6.18 Å². The van der Waals surface area contributed by atoms with E-state index in [2.05, 4.69) is 9.97 Å². The minimum absolute atomic E-state index is 0.121. The quantitative estimate of drug-likeness (QED) is 0.720. The van der Waals surface area contributed by atoms with Crippen LogP contribution in [0.5, 0.6) is 0 Å². The summed E-state index contributed by atoms with van der Waals surface area (Å²) in [5.74, 6) is -0.000776. The molecule has 1 amide bonds. The molecule has 32 heavy (non-hydrogen) atoms. The van der Waals surface area contributed by atoms with Gasteiger partial charge in [0.25, 0.3) is 5.91 Å². The van der Waals surface area contributed by atoms with Crippen LogP contribution in [0.15, 0.2) is 36.7 Å². The molecule has 1 aromatic carbocycles. The highest BCUT2D eigenvalue weighted by Crippen LogP contribution is 2.45. The van der Waals surface area contributed by atoms with Gasteiger partial charge in [-0.15, -0.1) is 0 Å². The van der Waals surface area contributed by atoms with Crippen molar-refractivity contribution in [2.45, 2.75) is 12.6 Å². The maximum Gasteiger partial charge on any atom is 0.417 e. The van der Waals surface area contributed by atoms with Crippen LogP contribution < -0.4 is 4.90 Å². The summed E-state index contributed by atoms with van der Waals surface area (Å²) < 4.78 is 45.8. The van der Waals surface area contributed by atoms with Crippen molar-refractivity contribution in [1.29, 1.82) is 5.26 Å². The Hall–Kier alpha value is -3.19. The third kappa shape index (κ3) is 4.00. The Kier molecular flexibility index (Phi) is 5.77. The summed E-state index contributed by atoms with van der Waals surface area (Å²) in [5, 5.41) is 9.06. The Morgan fingerprint density at radius 1 is 1.31 bits per heavy atom. The van der Waals surface area contributed by atoms with Gasteiger partial charge in [0, 0.05) is 56.8 Å². The number of hydrogen-bond donors (Lipinski definition) is 0. The molecule has 2 fully saturated rings. The number of anilines is 1. The van der Waals surface area contributed by atoms with Crippen molar-refractivity contribution in [2.24, 2.45) is 11.3 Å². The molecule has 0 N–H and O–H groups in total.